The quantitative estimate of drug-likeness (QED) is 0.894. The molecule has 1 aromatic carbocycles. The average Bonchev–Trinajstić information content (AvgIpc) is 2.71. The number of benzene rings is 1. The van der Waals surface area contributed by atoms with Crippen LogP contribution >= 0.6 is 0 Å². The van der Waals surface area contributed by atoms with Gasteiger partial charge in [0.2, 0.25) is 0 Å². The Morgan fingerprint density at radius 3 is 2.75 bits per heavy atom. The van der Waals surface area contributed by atoms with E-state index in [1.54, 1.807) is 18.2 Å². The molecule has 0 bridgehead atoms. The summed E-state index contributed by atoms with van der Waals surface area (Å²) in [4.78, 5) is 13.6. The van der Waals surface area contributed by atoms with Crippen LogP contribution < -0.4 is 0 Å². The van der Waals surface area contributed by atoms with Gasteiger partial charge in [-0.2, -0.15) is 0 Å². The minimum absolute atomic E-state index is 0.00384. The molecular formula is C14H17NO4S. The van der Waals surface area contributed by atoms with Crippen LogP contribution in [-0.4, -0.2) is 42.7 Å². The predicted molar refractivity (Wildman–Crippen MR) is 73.2 cm³/mol. The highest BCUT2D eigenvalue weighted by molar-refractivity contribution is 7.91. The lowest BCUT2D eigenvalue weighted by Crippen LogP contribution is -2.47. The molecule has 5 nitrogen and oxygen atoms in total. The van der Waals surface area contributed by atoms with E-state index in [1.807, 2.05) is 11.0 Å². The molecule has 2 unspecified atom stereocenters. The SMILES string of the molecule is O=C(O)C1CCCCN1C1CS(=O)(=O)c2ccccc21. The molecule has 1 saturated heterocycles. The van der Waals surface area contributed by atoms with Crippen LogP contribution in [0.2, 0.25) is 0 Å². The Morgan fingerprint density at radius 2 is 2.00 bits per heavy atom. The molecule has 0 aliphatic carbocycles. The maximum atomic E-state index is 12.2. The second-order valence-corrected chi connectivity index (χ2v) is 7.43. The molecule has 108 valence electrons. The van der Waals surface area contributed by atoms with Gasteiger partial charge in [-0.25, -0.2) is 8.42 Å². The fourth-order valence-corrected chi connectivity index (χ4v) is 5.11. The van der Waals surface area contributed by atoms with Crippen molar-refractivity contribution in [1.82, 2.24) is 4.90 Å². The van der Waals surface area contributed by atoms with Gasteiger partial charge in [-0.05, 0) is 31.0 Å². The molecule has 3 rings (SSSR count). The molecule has 2 heterocycles. The van der Waals surface area contributed by atoms with E-state index in [2.05, 4.69) is 0 Å². The first kappa shape index (κ1) is 13.6. The molecule has 0 spiro atoms. The summed E-state index contributed by atoms with van der Waals surface area (Å²) in [7, 11) is -3.29. The molecule has 2 atom stereocenters. The lowest BCUT2D eigenvalue weighted by Gasteiger charge is -2.37. The number of carboxylic acids is 1. The zero-order chi connectivity index (χ0) is 14.3. The lowest BCUT2D eigenvalue weighted by atomic mass is 9.97. The minimum atomic E-state index is -3.29. The number of sulfone groups is 1. The summed E-state index contributed by atoms with van der Waals surface area (Å²) < 4.78 is 24.4. The van der Waals surface area contributed by atoms with Crippen molar-refractivity contribution in [2.75, 3.05) is 12.3 Å². The van der Waals surface area contributed by atoms with Crippen LogP contribution in [0.5, 0.6) is 0 Å². The topological polar surface area (TPSA) is 74.7 Å². The van der Waals surface area contributed by atoms with Gasteiger partial charge in [0.25, 0.3) is 0 Å². The molecule has 1 fully saturated rings. The first-order chi connectivity index (χ1) is 9.50. The number of carboxylic acid groups (broad SMARTS) is 1. The maximum Gasteiger partial charge on any atom is 0.320 e. The van der Waals surface area contributed by atoms with Crippen LogP contribution in [0.15, 0.2) is 29.2 Å². The van der Waals surface area contributed by atoms with Gasteiger partial charge in [-0.3, -0.25) is 9.69 Å². The second kappa shape index (κ2) is 4.86. The molecule has 0 saturated carbocycles. The summed E-state index contributed by atoms with van der Waals surface area (Å²) in [5.41, 5.74) is 0.751. The zero-order valence-corrected chi connectivity index (χ0v) is 11.8. The van der Waals surface area contributed by atoms with Gasteiger partial charge in [0.15, 0.2) is 9.84 Å². The van der Waals surface area contributed by atoms with E-state index in [4.69, 9.17) is 0 Å². The number of piperidine rings is 1. The number of hydrogen-bond donors (Lipinski definition) is 1. The van der Waals surface area contributed by atoms with E-state index in [0.29, 0.717) is 17.9 Å². The van der Waals surface area contributed by atoms with Crippen molar-refractivity contribution in [2.24, 2.45) is 0 Å². The highest BCUT2D eigenvalue weighted by Gasteiger charge is 2.42. The second-order valence-electron chi connectivity index (χ2n) is 5.42. The number of carbonyl (C=O) groups is 1. The van der Waals surface area contributed by atoms with E-state index in [0.717, 1.165) is 18.4 Å². The van der Waals surface area contributed by atoms with Crippen LogP contribution in [0, 0.1) is 0 Å². The third-order valence-electron chi connectivity index (χ3n) is 4.22. The van der Waals surface area contributed by atoms with E-state index >= 15 is 0 Å². The van der Waals surface area contributed by atoms with E-state index in [9.17, 15) is 18.3 Å². The molecule has 20 heavy (non-hydrogen) atoms. The Labute approximate surface area is 118 Å². The fraction of sp³-hybridized carbons (Fsp3) is 0.500. The van der Waals surface area contributed by atoms with Crippen LogP contribution in [0.3, 0.4) is 0 Å². The van der Waals surface area contributed by atoms with Crippen LogP contribution in [0.4, 0.5) is 0 Å². The first-order valence-corrected chi connectivity index (χ1v) is 8.46. The predicted octanol–water partition coefficient (Wildman–Crippen LogP) is 1.45. The monoisotopic (exact) mass is 295 g/mol. The number of rotatable bonds is 2. The van der Waals surface area contributed by atoms with Gasteiger partial charge < -0.3 is 5.11 Å². The normalized spacial score (nSPS) is 29.0. The van der Waals surface area contributed by atoms with E-state index in [1.165, 1.54) is 0 Å². The van der Waals surface area contributed by atoms with Crippen molar-refractivity contribution in [2.45, 2.75) is 36.2 Å². The van der Waals surface area contributed by atoms with Crippen LogP contribution in [0.25, 0.3) is 0 Å². The van der Waals surface area contributed by atoms with Gasteiger partial charge in [0.1, 0.15) is 6.04 Å². The van der Waals surface area contributed by atoms with Gasteiger partial charge in [-0.15, -0.1) is 0 Å². The number of likely N-dealkylation sites (tertiary alicyclic amines) is 1. The Hall–Kier alpha value is -1.40. The largest absolute Gasteiger partial charge is 0.480 e. The summed E-state index contributed by atoms with van der Waals surface area (Å²) in [6, 6.07) is 6.05. The van der Waals surface area contributed by atoms with Crippen LogP contribution in [-0.2, 0) is 14.6 Å². The van der Waals surface area contributed by atoms with Crippen molar-refractivity contribution in [3.8, 4) is 0 Å². The summed E-state index contributed by atoms with van der Waals surface area (Å²) in [6.07, 6.45) is 2.39. The molecule has 2 aliphatic rings. The maximum absolute atomic E-state index is 12.2. The Bertz CT molecular complexity index is 640. The number of hydrogen-bond acceptors (Lipinski definition) is 4. The molecule has 0 radical (unpaired) electrons. The third kappa shape index (κ3) is 2.13. The first-order valence-electron chi connectivity index (χ1n) is 6.81. The summed E-state index contributed by atoms with van der Waals surface area (Å²) in [5, 5.41) is 9.36. The Morgan fingerprint density at radius 1 is 1.25 bits per heavy atom. The Balaban J connectivity index is 2.01. The van der Waals surface area contributed by atoms with Gasteiger partial charge >= 0.3 is 5.97 Å². The number of aliphatic carboxylic acids is 1. The highest BCUT2D eigenvalue weighted by atomic mass is 32.2. The van der Waals surface area contributed by atoms with Gasteiger partial charge in [0.05, 0.1) is 16.7 Å². The number of nitrogens with zero attached hydrogens (tertiary/aromatic N) is 1. The standard InChI is InChI=1S/C14H17NO4S/c16-14(17)11-6-3-4-8-15(11)12-9-20(18,19)13-7-2-1-5-10(12)13/h1-2,5,7,11-12H,3-4,6,8-9H2,(H,16,17). The molecule has 6 heteroatoms. The number of fused-ring (bicyclic) bond motifs is 1. The smallest absolute Gasteiger partial charge is 0.320 e. The third-order valence-corrected chi connectivity index (χ3v) is 6.02. The van der Waals surface area contributed by atoms with Crippen LogP contribution in [0.1, 0.15) is 30.9 Å². The highest BCUT2D eigenvalue weighted by Crippen LogP contribution is 2.39. The zero-order valence-electron chi connectivity index (χ0n) is 11.0. The van der Waals surface area contributed by atoms with E-state index in [-0.39, 0.29) is 11.8 Å². The molecule has 0 aromatic heterocycles. The fourth-order valence-electron chi connectivity index (χ4n) is 3.29. The van der Waals surface area contributed by atoms with Crippen molar-refractivity contribution < 1.29 is 18.3 Å². The van der Waals surface area contributed by atoms with Crippen molar-refractivity contribution in [1.29, 1.82) is 0 Å². The van der Waals surface area contributed by atoms with Crippen molar-refractivity contribution in [3.05, 3.63) is 29.8 Å². The minimum Gasteiger partial charge on any atom is -0.480 e. The van der Waals surface area contributed by atoms with Crippen molar-refractivity contribution >= 4 is 15.8 Å². The Kier molecular flexibility index (Phi) is 3.30. The van der Waals surface area contributed by atoms with Gasteiger partial charge in [0, 0.05) is 0 Å². The molecular weight excluding hydrogens is 278 g/mol. The van der Waals surface area contributed by atoms with Gasteiger partial charge in [-0.1, -0.05) is 24.6 Å². The average molecular weight is 295 g/mol. The molecule has 0 amide bonds. The summed E-state index contributed by atoms with van der Waals surface area (Å²) in [6.45, 7) is 0.644. The van der Waals surface area contributed by atoms with E-state index < -0.39 is 21.8 Å². The summed E-state index contributed by atoms with van der Waals surface area (Å²) >= 11 is 0. The van der Waals surface area contributed by atoms with Crippen molar-refractivity contribution in [3.63, 3.8) is 0 Å². The molecule has 1 aromatic rings. The summed E-state index contributed by atoms with van der Waals surface area (Å²) in [5.74, 6) is -0.859. The lowest BCUT2D eigenvalue weighted by molar-refractivity contribution is -0.145. The molecule has 2 aliphatic heterocycles. The molecule has 1 N–H and O–H groups in total.